The lowest BCUT2D eigenvalue weighted by molar-refractivity contribution is -0.142. The summed E-state index contributed by atoms with van der Waals surface area (Å²) < 4.78 is 18.6. The molecule has 1 aromatic rings. The summed E-state index contributed by atoms with van der Waals surface area (Å²) in [7, 11) is 0. The molecule has 0 bridgehead atoms. The quantitative estimate of drug-likeness (QED) is 0.913. The number of nitrogens with one attached hydrogen (secondary N) is 1. The van der Waals surface area contributed by atoms with E-state index in [1.54, 1.807) is 24.0 Å². The van der Waals surface area contributed by atoms with Crippen molar-refractivity contribution in [3.63, 3.8) is 0 Å². The first-order valence-corrected chi connectivity index (χ1v) is 6.90. The Labute approximate surface area is 123 Å². The molecule has 1 aliphatic heterocycles. The smallest absolute Gasteiger partial charge is 0.245 e. The van der Waals surface area contributed by atoms with Gasteiger partial charge >= 0.3 is 0 Å². The number of ether oxygens (including phenoxy) is 1. The Balaban J connectivity index is 2.01. The van der Waals surface area contributed by atoms with Crippen molar-refractivity contribution in [1.82, 2.24) is 10.2 Å². The van der Waals surface area contributed by atoms with Crippen molar-refractivity contribution in [2.24, 2.45) is 0 Å². The number of amides is 2. The van der Waals surface area contributed by atoms with Gasteiger partial charge in [0.15, 0.2) is 0 Å². The highest BCUT2D eigenvalue weighted by molar-refractivity contribution is 5.86. The number of rotatable bonds is 3. The van der Waals surface area contributed by atoms with Crippen LogP contribution in [0.25, 0.3) is 0 Å². The maximum absolute atomic E-state index is 12.9. The summed E-state index contributed by atoms with van der Waals surface area (Å²) in [5.74, 6) is -0.679. The second kappa shape index (κ2) is 6.67. The summed E-state index contributed by atoms with van der Waals surface area (Å²) in [6, 6.07) is 5.50. The first-order chi connectivity index (χ1) is 9.97. The molecule has 114 valence electrons. The predicted molar refractivity (Wildman–Crippen MR) is 75.0 cm³/mol. The summed E-state index contributed by atoms with van der Waals surface area (Å²) >= 11 is 0. The Morgan fingerprint density at radius 1 is 1.38 bits per heavy atom. The third-order valence-corrected chi connectivity index (χ3v) is 3.41. The molecule has 1 heterocycles. The average molecular weight is 294 g/mol. The number of morpholine rings is 1. The van der Waals surface area contributed by atoms with Crippen molar-refractivity contribution < 1.29 is 18.7 Å². The van der Waals surface area contributed by atoms with Gasteiger partial charge in [0, 0.05) is 13.5 Å². The third-order valence-electron chi connectivity index (χ3n) is 3.41. The normalized spacial score (nSPS) is 20.0. The summed E-state index contributed by atoms with van der Waals surface area (Å²) in [5, 5.41) is 2.58. The Morgan fingerprint density at radius 2 is 2.05 bits per heavy atom. The molecule has 2 amide bonds. The molecule has 0 aliphatic carbocycles. The van der Waals surface area contributed by atoms with Gasteiger partial charge in [0.05, 0.1) is 13.2 Å². The fraction of sp³-hybridized carbons (Fsp3) is 0.467. The fourth-order valence-corrected chi connectivity index (χ4v) is 2.37. The molecule has 1 aromatic carbocycles. The molecular weight excluding hydrogens is 275 g/mol. The number of halogens is 1. The number of benzene rings is 1. The number of carbonyl (C=O) groups is 2. The van der Waals surface area contributed by atoms with E-state index in [0.717, 1.165) is 5.56 Å². The van der Waals surface area contributed by atoms with Crippen molar-refractivity contribution in [3.8, 4) is 0 Å². The van der Waals surface area contributed by atoms with E-state index in [1.165, 1.54) is 19.1 Å². The van der Waals surface area contributed by atoms with E-state index in [1.807, 2.05) is 0 Å². The van der Waals surface area contributed by atoms with E-state index in [2.05, 4.69) is 5.32 Å². The number of nitrogens with zero attached hydrogens (tertiary/aromatic N) is 1. The van der Waals surface area contributed by atoms with E-state index in [0.29, 0.717) is 19.7 Å². The first kappa shape index (κ1) is 15.4. The Hall–Kier alpha value is -1.95. The van der Waals surface area contributed by atoms with Crippen LogP contribution in [0.1, 0.15) is 25.5 Å². The topological polar surface area (TPSA) is 58.6 Å². The highest BCUT2D eigenvalue weighted by Crippen LogP contribution is 2.22. The maximum Gasteiger partial charge on any atom is 0.245 e. The molecule has 0 spiro atoms. The van der Waals surface area contributed by atoms with Crippen LogP contribution in [0.3, 0.4) is 0 Å². The highest BCUT2D eigenvalue weighted by Gasteiger charge is 2.28. The summed E-state index contributed by atoms with van der Waals surface area (Å²) in [5.41, 5.74) is 0.834. The number of hydrogen-bond donors (Lipinski definition) is 1. The standard InChI is InChI=1S/C15H19FN2O3/c1-10(17-11(2)19)15(20)18-7-8-21-14(9-18)12-3-5-13(16)6-4-12/h3-6,10,14H,7-9H2,1-2H3,(H,17,19)/t10-,14+/m1/s1. The van der Waals surface area contributed by atoms with Crippen molar-refractivity contribution in [3.05, 3.63) is 35.6 Å². The van der Waals surface area contributed by atoms with Crippen LogP contribution in [0, 0.1) is 5.82 Å². The zero-order valence-corrected chi connectivity index (χ0v) is 12.1. The fourth-order valence-electron chi connectivity index (χ4n) is 2.37. The van der Waals surface area contributed by atoms with E-state index in [4.69, 9.17) is 4.74 Å². The minimum Gasteiger partial charge on any atom is -0.370 e. The third kappa shape index (κ3) is 4.01. The Morgan fingerprint density at radius 3 is 2.67 bits per heavy atom. The number of hydrogen-bond acceptors (Lipinski definition) is 3. The molecule has 0 aromatic heterocycles. The SMILES string of the molecule is CC(=O)N[C@H](C)C(=O)N1CCO[C@H](c2ccc(F)cc2)C1. The van der Waals surface area contributed by atoms with Gasteiger partial charge in [-0.2, -0.15) is 0 Å². The van der Waals surface area contributed by atoms with Gasteiger partial charge < -0.3 is 15.0 Å². The van der Waals surface area contributed by atoms with Gasteiger partial charge in [-0.05, 0) is 24.6 Å². The van der Waals surface area contributed by atoms with Crippen molar-refractivity contribution in [2.45, 2.75) is 26.0 Å². The average Bonchev–Trinajstić information content (AvgIpc) is 2.46. The van der Waals surface area contributed by atoms with E-state index in [9.17, 15) is 14.0 Å². The molecule has 0 saturated carbocycles. The molecule has 0 radical (unpaired) electrons. The molecule has 21 heavy (non-hydrogen) atoms. The van der Waals surface area contributed by atoms with Crippen LogP contribution >= 0.6 is 0 Å². The second-order valence-corrected chi connectivity index (χ2v) is 5.12. The van der Waals surface area contributed by atoms with Gasteiger partial charge in [0.2, 0.25) is 11.8 Å². The van der Waals surface area contributed by atoms with Gasteiger partial charge in [-0.3, -0.25) is 9.59 Å². The monoisotopic (exact) mass is 294 g/mol. The summed E-state index contributed by atoms with van der Waals surface area (Å²) in [4.78, 5) is 24.9. The lowest BCUT2D eigenvalue weighted by Crippen LogP contribution is -2.50. The molecule has 2 atom stereocenters. The molecule has 5 nitrogen and oxygen atoms in total. The molecule has 1 saturated heterocycles. The zero-order valence-electron chi connectivity index (χ0n) is 12.1. The van der Waals surface area contributed by atoms with Crippen molar-refractivity contribution in [2.75, 3.05) is 19.7 Å². The maximum atomic E-state index is 12.9. The van der Waals surface area contributed by atoms with Crippen LogP contribution < -0.4 is 5.32 Å². The van der Waals surface area contributed by atoms with Crippen LogP contribution in [-0.2, 0) is 14.3 Å². The van der Waals surface area contributed by atoms with Crippen LogP contribution in [0.2, 0.25) is 0 Å². The predicted octanol–water partition coefficient (Wildman–Crippen LogP) is 1.25. The molecule has 1 aliphatic rings. The molecule has 1 fully saturated rings. The highest BCUT2D eigenvalue weighted by atomic mass is 19.1. The van der Waals surface area contributed by atoms with Gasteiger partial charge in [0.1, 0.15) is 18.0 Å². The van der Waals surface area contributed by atoms with Gasteiger partial charge in [-0.1, -0.05) is 12.1 Å². The first-order valence-electron chi connectivity index (χ1n) is 6.90. The van der Waals surface area contributed by atoms with Gasteiger partial charge in [-0.25, -0.2) is 4.39 Å². The summed E-state index contributed by atoms with van der Waals surface area (Å²) in [6.07, 6.45) is -0.271. The molecule has 6 heteroatoms. The minimum atomic E-state index is -0.561. The summed E-state index contributed by atoms with van der Waals surface area (Å²) in [6.45, 7) is 4.34. The second-order valence-electron chi connectivity index (χ2n) is 5.12. The van der Waals surface area contributed by atoms with Crippen LogP contribution in [0.15, 0.2) is 24.3 Å². The Bertz CT molecular complexity index is 518. The Kier molecular flexibility index (Phi) is 4.90. The van der Waals surface area contributed by atoms with Crippen molar-refractivity contribution >= 4 is 11.8 Å². The van der Waals surface area contributed by atoms with Gasteiger partial charge in [0.25, 0.3) is 0 Å². The molecule has 0 unspecified atom stereocenters. The largest absolute Gasteiger partial charge is 0.370 e. The van der Waals surface area contributed by atoms with E-state index in [-0.39, 0.29) is 23.7 Å². The van der Waals surface area contributed by atoms with E-state index >= 15 is 0 Å². The lowest BCUT2D eigenvalue weighted by atomic mass is 10.1. The van der Waals surface area contributed by atoms with Crippen molar-refractivity contribution in [1.29, 1.82) is 0 Å². The van der Waals surface area contributed by atoms with Crippen LogP contribution in [0.4, 0.5) is 4.39 Å². The van der Waals surface area contributed by atoms with E-state index < -0.39 is 6.04 Å². The van der Waals surface area contributed by atoms with Crippen LogP contribution in [0.5, 0.6) is 0 Å². The molecular formula is C15H19FN2O3. The number of carbonyl (C=O) groups excluding carboxylic acids is 2. The van der Waals surface area contributed by atoms with Gasteiger partial charge in [-0.15, -0.1) is 0 Å². The molecule has 2 rings (SSSR count). The zero-order chi connectivity index (χ0) is 15.4. The lowest BCUT2D eigenvalue weighted by Gasteiger charge is -2.34. The molecule has 1 N–H and O–H groups in total. The van der Waals surface area contributed by atoms with Crippen LogP contribution in [-0.4, -0.2) is 42.5 Å². The minimum absolute atomic E-state index is 0.138.